The van der Waals surface area contributed by atoms with Gasteiger partial charge in [0.2, 0.25) is 0 Å². The Hall–Kier alpha value is -2.01. The zero-order chi connectivity index (χ0) is 17.2. The Bertz CT molecular complexity index is 614. The highest BCUT2D eigenvalue weighted by Crippen LogP contribution is 2.19. The minimum absolute atomic E-state index is 0.137. The lowest BCUT2D eigenvalue weighted by atomic mass is 9.97. The number of halogens is 1. The average molecular weight is 350 g/mol. The summed E-state index contributed by atoms with van der Waals surface area (Å²) >= 11 is 6.05. The van der Waals surface area contributed by atoms with Gasteiger partial charge in [-0.3, -0.25) is 4.79 Å². The van der Waals surface area contributed by atoms with Crippen LogP contribution in [-0.4, -0.2) is 24.9 Å². The van der Waals surface area contributed by atoms with Crippen LogP contribution in [0, 0.1) is 0 Å². The second-order valence-electron chi connectivity index (χ2n) is 5.83. The number of carbonyl (C=O) groups is 1. The molecule has 5 nitrogen and oxygen atoms in total. The molecule has 1 aromatic carbocycles. The van der Waals surface area contributed by atoms with Gasteiger partial charge >= 0.3 is 0 Å². The quantitative estimate of drug-likeness (QED) is 0.327. The van der Waals surface area contributed by atoms with Gasteiger partial charge in [-0.1, -0.05) is 46.6 Å². The number of hydrogen-bond donors (Lipinski definition) is 2. The van der Waals surface area contributed by atoms with Crippen LogP contribution in [0.5, 0.6) is 0 Å². The molecule has 0 saturated carbocycles. The molecule has 0 aliphatic heterocycles. The summed E-state index contributed by atoms with van der Waals surface area (Å²) in [5, 5.41) is 7.22. The molecule has 0 fully saturated rings. The molecule has 130 valence electrons. The highest BCUT2D eigenvalue weighted by Gasteiger charge is 2.06. The summed E-state index contributed by atoms with van der Waals surface area (Å²) < 4.78 is 0. The summed E-state index contributed by atoms with van der Waals surface area (Å²) in [4.78, 5) is 16.7. The molecule has 1 amide bonds. The van der Waals surface area contributed by atoms with Gasteiger partial charge < -0.3 is 15.9 Å². The van der Waals surface area contributed by atoms with Crippen LogP contribution in [0.2, 0.25) is 5.02 Å². The molecule has 0 spiro atoms. The maximum atomic E-state index is 11.7. The van der Waals surface area contributed by atoms with Gasteiger partial charge in [0.25, 0.3) is 5.91 Å². The van der Waals surface area contributed by atoms with E-state index in [1.165, 1.54) is 18.4 Å². The SMILES string of the molecule is N/C(Cc1ccccc1Cl)=N\OCC(=O)NCCC1=CCCCC1. The van der Waals surface area contributed by atoms with Crippen molar-refractivity contribution in [3.63, 3.8) is 0 Å². The Labute approximate surface area is 147 Å². The predicted octanol–water partition coefficient (Wildman–Crippen LogP) is 3.18. The Morgan fingerprint density at radius 3 is 2.92 bits per heavy atom. The van der Waals surface area contributed by atoms with Gasteiger partial charge in [0.05, 0.1) is 0 Å². The summed E-state index contributed by atoms with van der Waals surface area (Å²) in [6.45, 7) is 0.495. The van der Waals surface area contributed by atoms with Crippen molar-refractivity contribution in [1.82, 2.24) is 5.32 Å². The molecule has 1 aromatic rings. The fraction of sp³-hybridized carbons (Fsp3) is 0.444. The standard InChI is InChI=1S/C18H24ClN3O2/c19-16-9-5-4-8-15(16)12-17(20)22-24-13-18(23)21-11-10-14-6-2-1-3-7-14/h4-6,8-9H,1-3,7,10-13H2,(H2,20,22)(H,21,23). The van der Waals surface area contributed by atoms with E-state index in [0.29, 0.717) is 18.0 Å². The number of rotatable bonds is 8. The number of oxime groups is 1. The smallest absolute Gasteiger partial charge is 0.260 e. The molecule has 0 atom stereocenters. The van der Waals surface area contributed by atoms with Crippen molar-refractivity contribution in [3.05, 3.63) is 46.5 Å². The van der Waals surface area contributed by atoms with E-state index >= 15 is 0 Å². The van der Waals surface area contributed by atoms with Crippen LogP contribution in [0.15, 0.2) is 41.1 Å². The van der Waals surface area contributed by atoms with Crippen LogP contribution in [-0.2, 0) is 16.1 Å². The number of benzene rings is 1. The summed E-state index contributed by atoms with van der Waals surface area (Å²) in [7, 11) is 0. The highest BCUT2D eigenvalue weighted by atomic mass is 35.5. The summed E-state index contributed by atoms with van der Waals surface area (Å²) in [6, 6.07) is 7.39. The number of nitrogens with zero attached hydrogens (tertiary/aromatic N) is 1. The predicted molar refractivity (Wildman–Crippen MR) is 96.9 cm³/mol. The van der Waals surface area contributed by atoms with E-state index in [4.69, 9.17) is 22.2 Å². The van der Waals surface area contributed by atoms with Gasteiger partial charge in [-0.05, 0) is 43.7 Å². The first-order valence-corrected chi connectivity index (χ1v) is 8.65. The summed E-state index contributed by atoms with van der Waals surface area (Å²) in [5.41, 5.74) is 8.09. The first-order valence-electron chi connectivity index (χ1n) is 8.27. The lowest BCUT2D eigenvalue weighted by molar-refractivity contribution is -0.125. The molecule has 1 aliphatic carbocycles. The van der Waals surface area contributed by atoms with Crippen LogP contribution >= 0.6 is 11.6 Å². The van der Waals surface area contributed by atoms with E-state index in [1.807, 2.05) is 18.2 Å². The number of amidine groups is 1. The fourth-order valence-corrected chi connectivity index (χ4v) is 2.79. The fourth-order valence-electron chi connectivity index (χ4n) is 2.59. The maximum absolute atomic E-state index is 11.7. The minimum Gasteiger partial charge on any atom is -0.384 e. The van der Waals surface area contributed by atoms with Gasteiger partial charge in [-0.25, -0.2) is 0 Å². The van der Waals surface area contributed by atoms with Crippen molar-refractivity contribution in [2.75, 3.05) is 13.2 Å². The van der Waals surface area contributed by atoms with E-state index < -0.39 is 0 Å². The van der Waals surface area contributed by atoms with Crippen LogP contribution in [0.3, 0.4) is 0 Å². The number of nitrogens with one attached hydrogen (secondary N) is 1. The first-order chi connectivity index (χ1) is 11.6. The molecule has 2 rings (SSSR count). The molecule has 0 unspecified atom stereocenters. The Balaban J connectivity index is 1.64. The zero-order valence-corrected chi connectivity index (χ0v) is 14.5. The van der Waals surface area contributed by atoms with Gasteiger partial charge in [0, 0.05) is 18.0 Å². The molecule has 1 aliphatic rings. The maximum Gasteiger partial charge on any atom is 0.260 e. The van der Waals surface area contributed by atoms with Crippen LogP contribution < -0.4 is 11.1 Å². The van der Waals surface area contributed by atoms with Crippen molar-refractivity contribution >= 4 is 23.3 Å². The van der Waals surface area contributed by atoms with E-state index in [2.05, 4.69) is 16.5 Å². The Kier molecular flexibility index (Phi) is 7.62. The second-order valence-corrected chi connectivity index (χ2v) is 6.24. The molecule has 0 bridgehead atoms. The number of carbonyl (C=O) groups excluding carboxylic acids is 1. The van der Waals surface area contributed by atoms with Crippen LogP contribution in [0.25, 0.3) is 0 Å². The first kappa shape index (κ1) is 18.3. The third-order valence-electron chi connectivity index (χ3n) is 3.86. The molecular formula is C18H24ClN3O2. The molecular weight excluding hydrogens is 326 g/mol. The van der Waals surface area contributed by atoms with Gasteiger partial charge in [0.1, 0.15) is 5.84 Å². The van der Waals surface area contributed by atoms with Crippen LogP contribution in [0.1, 0.15) is 37.7 Å². The van der Waals surface area contributed by atoms with Crippen molar-refractivity contribution in [2.45, 2.75) is 38.5 Å². The van der Waals surface area contributed by atoms with Gasteiger partial charge in [-0.2, -0.15) is 0 Å². The molecule has 3 N–H and O–H groups in total. The number of allylic oxidation sites excluding steroid dienone is 1. The highest BCUT2D eigenvalue weighted by molar-refractivity contribution is 6.31. The molecule has 0 heterocycles. The minimum atomic E-state index is -0.194. The monoisotopic (exact) mass is 349 g/mol. The molecule has 24 heavy (non-hydrogen) atoms. The third kappa shape index (κ3) is 6.62. The molecule has 0 aromatic heterocycles. The van der Waals surface area contributed by atoms with Crippen molar-refractivity contribution in [1.29, 1.82) is 0 Å². The van der Waals surface area contributed by atoms with Crippen molar-refractivity contribution in [3.8, 4) is 0 Å². The number of hydrogen-bond acceptors (Lipinski definition) is 3. The molecule has 0 saturated heterocycles. The van der Waals surface area contributed by atoms with E-state index in [1.54, 1.807) is 6.07 Å². The lowest BCUT2D eigenvalue weighted by Gasteiger charge is -2.12. The number of amides is 1. The molecule has 0 radical (unpaired) electrons. The second kappa shape index (κ2) is 9.98. The zero-order valence-electron chi connectivity index (χ0n) is 13.8. The summed E-state index contributed by atoms with van der Waals surface area (Å²) in [5.74, 6) is 0.0870. The number of nitrogens with two attached hydrogens (primary N) is 1. The normalized spacial score (nSPS) is 14.9. The molecule has 6 heteroatoms. The van der Waals surface area contributed by atoms with Gasteiger partial charge in [-0.15, -0.1) is 0 Å². The lowest BCUT2D eigenvalue weighted by Crippen LogP contribution is -2.28. The van der Waals surface area contributed by atoms with Crippen molar-refractivity contribution in [2.24, 2.45) is 10.9 Å². The Morgan fingerprint density at radius 2 is 2.17 bits per heavy atom. The summed E-state index contributed by atoms with van der Waals surface area (Å²) in [6.07, 6.45) is 8.41. The van der Waals surface area contributed by atoms with Crippen molar-refractivity contribution < 1.29 is 9.63 Å². The van der Waals surface area contributed by atoms with E-state index in [0.717, 1.165) is 24.8 Å². The van der Waals surface area contributed by atoms with Gasteiger partial charge in [0.15, 0.2) is 6.61 Å². The average Bonchev–Trinajstić information content (AvgIpc) is 2.58. The van der Waals surface area contributed by atoms with Crippen LogP contribution in [0.4, 0.5) is 0 Å². The van der Waals surface area contributed by atoms with E-state index in [-0.39, 0.29) is 18.3 Å². The topological polar surface area (TPSA) is 76.7 Å². The van der Waals surface area contributed by atoms with E-state index in [9.17, 15) is 4.79 Å². The third-order valence-corrected chi connectivity index (χ3v) is 4.23. The largest absolute Gasteiger partial charge is 0.384 e. The Morgan fingerprint density at radius 1 is 1.33 bits per heavy atom.